The zero-order valence-electron chi connectivity index (χ0n) is 10.6. The van der Waals surface area contributed by atoms with Gasteiger partial charge in [0.05, 0.1) is 17.5 Å². The summed E-state index contributed by atoms with van der Waals surface area (Å²) in [4.78, 5) is 16.9. The Morgan fingerprint density at radius 3 is 2.82 bits per heavy atom. The molecule has 2 N–H and O–H groups in total. The van der Waals surface area contributed by atoms with Crippen molar-refractivity contribution in [2.24, 2.45) is 5.92 Å². The van der Waals surface area contributed by atoms with Crippen LogP contribution < -0.4 is 5.32 Å². The summed E-state index contributed by atoms with van der Waals surface area (Å²) in [6, 6.07) is 0. The van der Waals surface area contributed by atoms with Crippen LogP contribution in [0.4, 0.5) is 0 Å². The van der Waals surface area contributed by atoms with E-state index in [2.05, 4.69) is 10.3 Å². The molecule has 96 valence electrons. The fraction of sp³-hybridized carbons (Fsp3) is 0.667. The molecule has 0 aliphatic heterocycles. The third-order valence-electron chi connectivity index (χ3n) is 2.49. The summed E-state index contributed by atoms with van der Waals surface area (Å²) in [6.07, 6.45) is 2.21. The number of aromatic nitrogens is 1. The summed E-state index contributed by atoms with van der Waals surface area (Å²) in [6.45, 7) is 6.39. The molecule has 1 atom stereocenters. The number of carbonyl (C=O) groups is 1. The van der Waals surface area contributed by atoms with Crippen molar-refractivity contribution < 1.29 is 9.90 Å². The van der Waals surface area contributed by atoms with Gasteiger partial charge in [0.2, 0.25) is 5.91 Å². The standard InChI is InChI=1S/C12H20N2O2S/c1-8(2)10(15)6-11(16)13-5-4-12-14-7-9(3)17-12/h7-8,10,15H,4-6H2,1-3H3,(H,13,16). The van der Waals surface area contributed by atoms with Gasteiger partial charge in [0.15, 0.2) is 0 Å². The number of hydrogen-bond acceptors (Lipinski definition) is 4. The molecule has 0 bridgehead atoms. The smallest absolute Gasteiger partial charge is 0.222 e. The first-order valence-corrected chi connectivity index (χ1v) is 6.66. The largest absolute Gasteiger partial charge is 0.392 e. The van der Waals surface area contributed by atoms with E-state index >= 15 is 0 Å². The Morgan fingerprint density at radius 1 is 1.59 bits per heavy atom. The van der Waals surface area contributed by atoms with E-state index in [0.29, 0.717) is 6.54 Å². The van der Waals surface area contributed by atoms with Crippen molar-refractivity contribution >= 4 is 17.2 Å². The summed E-state index contributed by atoms with van der Waals surface area (Å²) in [7, 11) is 0. The molecule has 1 heterocycles. The highest BCUT2D eigenvalue weighted by atomic mass is 32.1. The number of nitrogens with zero attached hydrogens (tertiary/aromatic N) is 1. The molecular weight excluding hydrogens is 236 g/mol. The molecule has 5 heteroatoms. The van der Waals surface area contributed by atoms with Crippen LogP contribution in [0.3, 0.4) is 0 Å². The zero-order chi connectivity index (χ0) is 12.8. The lowest BCUT2D eigenvalue weighted by Gasteiger charge is -2.13. The average Bonchev–Trinajstić information content (AvgIpc) is 2.64. The van der Waals surface area contributed by atoms with Crippen LogP contribution in [0.1, 0.15) is 30.2 Å². The van der Waals surface area contributed by atoms with Crippen LogP contribution in [0.2, 0.25) is 0 Å². The molecule has 0 radical (unpaired) electrons. The first-order chi connectivity index (χ1) is 7.99. The van der Waals surface area contributed by atoms with Crippen LogP contribution in [0.25, 0.3) is 0 Å². The summed E-state index contributed by atoms with van der Waals surface area (Å²) in [5.41, 5.74) is 0. The van der Waals surface area contributed by atoms with Gasteiger partial charge in [-0.25, -0.2) is 4.98 Å². The Balaban J connectivity index is 2.20. The van der Waals surface area contributed by atoms with E-state index in [4.69, 9.17) is 0 Å². The van der Waals surface area contributed by atoms with Crippen LogP contribution >= 0.6 is 11.3 Å². The van der Waals surface area contributed by atoms with Crippen molar-refractivity contribution in [3.63, 3.8) is 0 Å². The van der Waals surface area contributed by atoms with Crippen LogP contribution in [0.15, 0.2) is 6.20 Å². The van der Waals surface area contributed by atoms with Crippen LogP contribution in [-0.4, -0.2) is 28.6 Å². The topological polar surface area (TPSA) is 62.2 Å². The Labute approximate surface area is 106 Å². The van der Waals surface area contributed by atoms with E-state index in [9.17, 15) is 9.90 Å². The van der Waals surface area contributed by atoms with E-state index in [1.807, 2.05) is 27.0 Å². The van der Waals surface area contributed by atoms with E-state index in [0.717, 1.165) is 11.4 Å². The second kappa shape index (κ2) is 6.71. The number of aliphatic hydroxyl groups excluding tert-OH is 1. The molecule has 17 heavy (non-hydrogen) atoms. The maximum absolute atomic E-state index is 11.5. The quantitative estimate of drug-likeness (QED) is 0.811. The maximum Gasteiger partial charge on any atom is 0.222 e. The number of aliphatic hydroxyl groups is 1. The minimum Gasteiger partial charge on any atom is -0.392 e. The predicted octanol–water partition coefficient (Wildman–Crippen LogP) is 1.52. The molecule has 1 aromatic rings. The normalized spacial score (nSPS) is 12.8. The van der Waals surface area contributed by atoms with Crippen molar-refractivity contribution in [2.75, 3.05) is 6.54 Å². The van der Waals surface area contributed by atoms with Gasteiger partial charge in [0.1, 0.15) is 0 Å². The molecule has 4 nitrogen and oxygen atoms in total. The highest BCUT2D eigenvalue weighted by Crippen LogP contribution is 2.11. The third kappa shape index (κ3) is 5.28. The van der Waals surface area contributed by atoms with Crippen LogP contribution in [-0.2, 0) is 11.2 Å². The third-order valence-corrected chi connectivity index (χ3v) is 3.47. The second-order valence-corrected chi connectivity index (χ2v) is 5.80. The summed E-state index contributed by atoms with van der Waals surface area (Å²) in [5, 5.41) is 13.4. The number of thiazole rings is 1. The molecule has 0 aromatic carbocycles. The molecule has 0 saturated carbocycles. The highest BCUT2D eigenvalue weighted by molar-refractivity contribution is 7.11. The second-order valence-electron chi connectivity index (χ2n) is 4.48. The van der Waals surface area contributed by atoms with Gasteiger partial charge in [0.25, 0.3) is 0 Å². The van der Waals surface area contributed by atoms with Gasteiger partial charge in [-0.1, -0.05) is 13.8 Å². The van der Waals surface area contributed by atoms with E-state index in [-0.39, 0.29) is 18.2 Å². The Kier molecular flexibility index (Phi) is 5.58. The fourth-order valence-electron chi connectivity index (χ4n) is 1.32. The highest BCUT2D eigenvalue weighted by Gasteiger charge is 2.13. The number of amides is 1. The predicted molar refractivity (Wildman–Crippen MR) is 69.0 cm³/mol. The van der Waals surface area contributed by atoms with E-state index in [1.54, 1.807) is 11.3 Å². The van der Waals surface area contributed by atoms with Gasteiger partial charge < -0.3 is 10.4 Å². The summed E-state index contributed by atoms with van der Waals surface area (Å²) >= 11 is 1.65. The van der Waals surface area contributed by atoms with Gasteiger partial charge in [-0.3, -0.25) is 4.79 Å². The van der Waals surface area contributed by atoms with Crippen LogP contribution in [0, 0.1) is 12.8 Å². The molecular formula is C12H20N2O2S. The Morgan fingerprint density at radius 2 is 2.29 bits per heavy atom. The minimum atomic E-state index is -0.558. The molecule has 1 aromatic heterocycles. The molecule has 0 aliphatic rings. The van der Waals surface area contributed by atoms with Gasteiger partial charge in [-0.15, -0.1) is 11.3 Å². The van der Waals surface area contributed by atoms with Crippen molar-refractivity contribution in [3.8, 4) is 0 Å². The van der Waals surface area contributed by atoms with Crippen molar-refractivity contribution in [2.45, 2.75) is 39.7 Å². The lowest BCUT2D eigenvalue weighted by Crippen LogP contribution is -2.30. The molecule has 0 aliphatic carbocycles. The van der Waals surface area contributed by atoms with E-state index in [1.165, 1.54) is 4.88 Å². The monoisotopic (exact) mass is 256 g/mol. The zero-order valence-corrected chi connectivity index (χ0v) is 11.4. The molecule has 0 fully saturated rings. The fourth-order valence-corrected chi connectivity index (χ4v) is 2.11. The van der Waals surface area contributed by atoms with Gasteiger partial charge in [-0.05, 0) is 12.8 Å². The Bertz CT molecular complexity index is 363. The van der Waals surface area contributed by atoms with Gasteiger partial charge in [-0.2, -0.15) is 0 Å². The maximum atomic E-state index is 11.5. The SMILES string of the molecule is Cc1cnc(CCNC(=O)CC(O)C(C)C)s1. The first kappa shape index (κ1) is 14.1. The minimum absolute atomic E-state index is 0.0977. The first-order valence-electron chi connectivity index (χ1n) is 5.85. The molecule has 0 saturated heterocycles. The molecule has 1 rings (SSSR count). The number of rotatable bonds is 6. The lowest BCUT2D eigenvalue weighted by atomic mass is 10.0. The van der Waals surface area contributed by atoms with Gasteiger partial charge in [0, 0.05) is 24.0 Å². The lowest BCUT2D eigenvalue weighted by molar-refractivity contribution is -0.123. The van der Waals surface area contributed by atoms with Gasteiger partial charge >= 0.3 is 0 Å². The van der Waals surface area contributed by atoms with Crippen molar-refractivity contribution in [1.29, 1.82) is 0 Å². The number of carbonyl (C=O) groups excluding carboxylic acids is 1. The summed E-state index contributed by atoms with van der Waals surface area (Å²) < 4.78 is 0. The van der Waals surface area contributed by atoms with Crippen molar-refractivity contribution in [1.82, 2.24) is 10.3 Å². The Hall–Kier alpha value is -0.940. The molecule has 1 unspecified atom stereocenters. The number of hydrogen-bond donors (Lipinski definition) is 2. The number of nitrogens with one attached hydrogen (secondary N) is 1. The summed E-state index contributed by atoms with van der Waals surface area (Å²) in [5.74, 6) is 0.0156. The van der Waals surface area contributed by atoms with E-state index < -0.39 is 6.10 Å². The van der Waals surface area contributed by atoms with Crippen LogP contribution in [0.5, 0.6) is 0 Å². The number of aryl methyl sites for hydroxylation is 1. The van der Waals surface area contributed by atoms with Crippen molar-refractivity contribution in [3.05, 3.63) is 16.1 Å². The average molecular weight is 256 g/mol. The molecule has 0 spiro atoms. The molecule has 1 amide bonds.